The molecule has 0 saturated carbocycles. The molecule has 0 aliphatic carbocycles. The molecule has 1 amide bonds. The quantitative estimate of drug-likeness (QED) is 0.382. The van der Waals surface area contributed by atoms with E-state index in [1.165, 1.54) is 10.6 Å². The number of nitrogens with one attached hydrogen (secondary N) is 1. The Kier molecular flexibility index (Phi) is 7.76. The maximum Gasteiger partial charge on any atom is 0.251 e. The maximum absolute atomic E-state index is 12.4. The van der Waals surface area contributed by atoms with Gasteiger partial charge < -0.3 is 5.32 Å². The lowest BCUT2D eigenvalue weighted by Gasteiger charge is -2.23. The van der Waals surface area contributed by atoms with Crippen molar-refractivity contribution in [2.75, 3.05) is 22.9 Å². The van der Waals surface area contributed by atoms with E-state index < -0.39 is 10.0 Å². The van der Waals surface area contributed by atoms with Crippen molar-refractivity contribution in [1.82, 2.24) is 5.32 Å². The number of thioether (sulfide) groups is 1. The van der Waals surface area contributed by atoms with E-state index in [4.69, 9.17) is 0 Å². The summed E-state index contributed by atoms with van der Waals surface area (Å²) in [6.07, 6.45) is 1.19. The van der Waals surface area contributed by atoms with E-state index in [1.54, 1.807) is 36.0 Å². The molecular weight excluding hydrogens is 428 g/mol. The highest BCUT2D eigenvalue weighted by atomic mass is 32.2. The third-order valence-corrected chi connectivity index (χ3v) is 6.82. The van der Waals surface area contributed by atoms with Gasteiger partial charge in [-0.1, -0.05) is 48.0 Å². The highest BCUT2D eigenvalue weighted by molar-refractivity contribution is 7.99. The molecule has 0 unspecified atom stereocenters. The molecule has 5 nitrogen and oxygen atoms in total. The first-order valence-corrected chi connectivity index (χ1v) is 12.8. The molecule has 7 heteroatoms. The van der Waals surface area contributed by atoms with Gasteiger partial charge in [-0.2, -0.15) is 0 Å². The first-order chi connectivity index (χ1) is 14.8. The van der Waals surface area contributed by atoms with Crippen LogP contribution in [0.4, 0.5) is 5.69 Å². The number of benzene rings is 3. The second-order valence-electron chi connectivity index (χ2n) is 7.22. The smallest absolute Gasteiger partial charge is 0.251 e. The van der Waals surface area contributed by atoms with E-state index in [0.717, 1.165) is 21.8 Å². The summed E-state index contributed by atoms with van der Waals surface area (Å²) in [5, 5.41) is 2.90. The largest absolute Gasteiger partial charge is 0.351 e. The molecule has 0 spiro atoms. The van der Waals surface area contributed by atoms with Crippen molar-refractivity contribution < 1.29 is 13.2 Å². The van der Waals surface area contributed by atoms with Gasteiger partial charge in [0.1, 0.15) is 0 Å². The first-order valence-electron chi connectivity index (χ1n) is 9.92. The van der Waals surface area contributed by atoms with Gasteiger partial charge in [0.25, 0.3) is 5.91 Å². The third kappa shape index (κ3) is 6.87. The van der Waals surface area contributed by atoms with Crippen molar-refractivity contribution in [3.63, 3.8) is 0 Å². The Morgan fingerprint density at radius 2 is 1.58 bits per heavy atom. The lowest BCUT2D eigenvalue weighted by atomic mass is 10.1. The average Bonchev–Trinajstić information content (AvgIpc) is 2.76. The van der Waals surface area contributed by atoms with E-state index in [0.29, 0.717) is 17.8 Å². The lowest BCUT2D eigenvalue weighted by molar-refractivity contribution is 0.0956. The van der Waals surface area contributed by atoms with Gasteiger partial charge in [0.05, 0.1) is 18.5 Å². The van der Waals surface area contributed by atoms with Gasteiger partial charge in [0, 0.05) is 22.8 Å². The minimum atomic E-state index is -3.47. The van der Waals surface area contributed by atoms with Crippen molar-refractivity contribution in [2.24, 2.45) is 0 Å². The molecule has 0 atom stereocenters. The normalized spacial score (nSPS) is 11.2. The topological polar surface area (TPSA) is 66.5 Å². The Hall–Kier alpha value is -2.77. The Morgan fingerprint density at radius 3 is 2.19 bits per heavy atom. The molecule has 3 aromatic rings. The predicted octanol–water partition coefficient (Wildman–Crippen LogP) is 4.48. The molecule has 0 aliphatic heterocycles. The zero-order valence-corrected chi connectivity index (χ0v) is 19.2. The second kappa shape index (κ2) is 10.5. The van der Waals surface area contributed by atoms with Crippen LogP contribution in [0.25, 0.3) is 0 Å². The van der Waals surface area contributed by atoms with Gasteiger partial charge in [-0.15, -0.1) is 11.8 Å². The van der Waals surface area contributed by atoms with Crippen LogP contribution >= 0.6 is 11.8 Å². The van der Waals surface area contributed by atoms with Crippen LogP contribution < -0.4 is 9.62 Å². The van der Waals surface area contributed by atoms with Crippen molar-refractivity contribution in [1.29, 1.82) is 0 Å². The molecule has 0 aromatic heterocycles. The summed E-state index contributed by atoms with van der Waals surface area (Å²) in [6, 6.07) is 24.4. The van der Waals surface area contributed by atoms with Crippen LogP contribution in [0.5, 0.6) is 0 Å². The van der Waals surface area contributed by atoms with Gasteiger partial charge in [-0.05, 0) is 48.9 Å². The summed E-state index contributed by atoms with van der Waals surface area (Å²) < 4.78 is 26.1. The van der Waals surface area contributed by atoms with E-state index in [2.05, 4.69) is 5.32 Å². The molecule has 3 aromatic carbocycles. The van der Waals surface area contributed by atoms with Crippen LogP contribution in [0.1, 0.15) is 21.5 Å². The number of hydrogen-bond donors (Lipinski definition) is 1. The van der Waals surface area contributed by atoms with Crippen molar-refractivity contribution in [3.8, 4) is 0 Å². The lowest BCUT2D eigenvalue weighted by Crippen LogP contribution is -2.29. The van der Waals surface area contributed by atoms with Crippen LogP contribution in [0.2, 0.25) is 0 Å². The summed E-state index contributed by atoms with van der Waals surface area (Å²) in [5.74, 6) is 0.594. The van der Waals surface area contributed by atoms with Gasteiger partial charge in [-0.25, -0.2) is 8.42 Å². The minimum Gasteiger partial charge on any atom is -0.351 e. The SMILES string of the molecule is Cc1ccc(CN(c2ccc(C(=O)NCCSc3ccccc3)cc2)S(C)(=O)=O)cc1. The van der Waals surface area contributed by atoms with Crippen molar-refractivity contribution in [3.05, 3.63) is 95.6 Å². The van der Waals surface area contributed by atoms with Gasteiger partial charge in [0.15, 0.2) is 0 Å². The monoisotopic (exact) mass is 454 g/mol. The van der Waals surface area contributed by atoms with Crippen LogP contribution in [0.15, 0.2) is 83.8 Å². The molecule has 0 aliphatic rings. The predicted molar refractivity (Wildman–Crippen MR) is 128 cm³/mol. The van der Waals surface area contributed by atoms with E-state index >= 15 is 0 Å². The summed E-state index contributed by atoms with van der Waals surface area (Å²) >= 11 is 1.68. The van der Waals surface area contributed by atoms with Crippen LogP contribution in [-0.4, -0.2) is 32.9 Å². The Bertz CT molecular complexity index is 1100. The van der Waals surface area contributed by atoms with E-state index in [-0.39, 0.29) is 12.5 Å². The molecule has 0 saturated heterocycles. The zero-order valence-electron chi connectivity index (χ0n) is 17.6. The van der Waals surface area contributed by atoms with Gasteiger partial charge in [0.2, 0.25) is 10.0 Å². The molecule has 0 bridgehead atoms. The average molecular weight is 455 g/mol. The molecular formula is C24H26N2O3S2. The number of rotatable bonds is 9. The van der Waals surface area contributed by atoms with E-state index in [1.807, 2.05) is 61.5 Å². The number of sulfonamides is 1. The van der Waals surface area contributed by atoms with E-state index in [9.17, 15) is 13.2 Å². The fraction of sp³-hybridized carbons (Fsp3) is 0.208. The zero-order chi connectivity index (χ0) is 22.3. The Balaban J connectivity index is 1.61. The number of carbonyl (C=O) groups is 1. The highest BCUT2D eigenvalue weighted by Gasteiger charge is 2.18. The number of amides is 1. The van der Waals surface area contributed by atoms with Crippen molar-refractivity contribution >= 4 is 33.4 Å². The fourth-order valence-electron chi connectivity index (χ4n) is 2.99. The number of aryl methyl sites for hydroxylation is 1. The molecule has 0 heterocycles. The highest BCUT2D eigenvalue weighted by Crippen LogP contribution is 2.22. The van der Waals surface area contributed by atoms with Gasteiger partial charge in [-0.3, -0.25) is 9.10 Å². The Labute approximate surface area is 188 Å². The minimum absolute atomic E-state index is 0.176. The Morgan fingerprint density at radius 1 is 0.935 bits per heavy atom. The molecule has 0 radical (unpaired) electrons. The second-order valence-corrected chi connectivity index (χ2v) is 10.3. The molecule has 1 N–H and O–H groups in total. The molecule has 0 fully saturated rings. The summed E-state index contributed by atoms with van der Waals surface area (Å²) in [7, 11) is -3.47. The molecule has 3 rings (SSSR count). The van der Waals surface area contributed by atoms with Crippen LogP contribution in [0.3, 0.4) is 0 Å². The summed E-state index contributed by atoms with van der Waals surface area (Å²) in [5.41, 5.74) is 3.04. The number of anilines is 1. The number of nitrogens with zero attached hydrogens (tertiary/aromatic N) is 1. The summed E-state index contributed by atoms with van der Waals surface area (Å²) in [4.78, 5) is 13.6. The maximum atomic E-state index is 12.4. The third-order valence-electron chi connectivity index (χ3n) is 4.66. The molecule has 31 heavy (non-hydrogen) atoms. The van der Waals surface area contributed by atoms with Crippen LogP contribution in [-0.2, 0) is 16.6 Å². The standard InChI is InChI=1S/C24H26N2O3S2/c1-19-8-10-20(11-9-19)18-26(31(2,28)29)22-14-12-21(13-15-22)24(27)25-16-17-30-23-6-4-3-5-7-23/h3-15H,16-18H2,1-2H3,(H,25,27). The number of carbonyl (C=O) groups excluding carboxylic acids is 1. The summed E-state index contributed by atoms with van der Waals surface area (Å²) in [6.45, 7) is 2.77. The van der Waals surface area contributed by atoms with Crippen LogP contribution in [0, 0.1) is 6.92 Å². The van der Waals surface area contributed by atoms with Gasteiger partial charge >= 0.3 is 0 Å². The van der Waals surface area contributed by atoms with Crippen molar-refractivity contribution in [2.45, 2.75) is 18.4 Å². The number of hydrogen-bond acceptors (Lipinski definition) is 4. The first kappa shape index (κ1) is 22.9. The molecule has 162 valence electrons. The fourth-order valence-corrected chi connectivity index (χ4v) is 4.67.